The van der Waals surface area contributed by atoms with Crippen molar-refractivity contribution < 1.29 is 9.59 Å². The van der Waals surface area contributed by atoms with Crippen LogP contribution >= 0.6 is 11.3 Å². The van der Waals surface area contributed by atoms with Crippen LogP contribution in [0.3, 0.4) is 0 Å². The molecule has 0 bridgehead atoms. The third-order valence-corrected chi connectivity index (χ3v) is 4.59. The summed E-state index contributed by atoms with van der Waals surface area (Å²) < 4.78 is 0. The molecule has 0 saturated carbocycles. The van der Waals surface area contributed by atoms with Crippen LogP contribution < -0.4 is 5.32 Å². The van der Waals surface area contributed by atoms with E-state index in [0.29, 0.717) is 6.42 Å². The molecule has 118 valence electrons. The van der Waals surface area contributed by atoms with E-state index in [0.717, 1.165) is 21.8 Å². The van der Waals surface area contributed by atoms with Gasteiger partial charge in [0.2, 0.25) is 11.8 Å². The van der Waals surface area contributed by atoms with Gasteiger partial charge < -0.3 is 5.32 Å². The van der Waals surface area contributed by atoms with Crippen molar-refractivity contribution in [3.63, 3.8) is 0 Å². The average molecular weight is 327 g/mol. The number of nitrogens with zero attached hydrogens (tertiary/aromatic N) is 2. The molecule has 0 spiro atoms. The molecule has 2 heterocycles. The molecule has 23 heavy (non-hydrogen) atoms. The number of thiophene rings is 1. The Morgan fingerprint density at radius 3 is 2.74 bits per heavy atom. The zero-order chi connectivity index (χ0) is 16.4. The van der Waals surface area contributed by atoms with Gasteiger partial charge in [0.15, 0.2) is 0 Å². The maximum Gasteiger partial charge on any atom is 0.240 e. The molecule has 0 radical (unpaired) electrons. The fraction of sp³-hybridized carbons (Fsp3) is 0.235. The number of benzene rings is 1. The van der Waals surface area contributed by atoms with E-state index in [2.05, 4.69) is 10.4 Å². The molecule has 0 saturated heterocycles. The number of anilines is 1. The molecule has 1 atom stereocenters. The molecule has 2 aromatic rings. The van der Waals surface area contributed by atoms with E-state index in [-0.39, 0.29) is 17.9 Å². The van der Waals surface area contributed by atoms with Gasteiger partial charge in [-0.1, -0.05) is 18.2 Å². The van der Waals surface area contributed by atoms with Crippen LogP contribution in [-0.2, 0) is 9.59 Å². The van der Waals surface area contributed by atoms with Gasteiger partial charge in [-0.05, 0) is 29.1 Å². The first kappa shape index (κ1) is 15.4. The average Bonchev–Trinajstić information content (AvgIpc) is 3.16. The number of hydrogen-bond donors (Lipinski definition) is 1. The van der Waals surface area contributed by atoms with Crippen LogP contribution in [0.4, 0.5) is 5.69 Å². The largest absolute Gasteiger partial charge is 0.326 e. The topological polar surface area (TPSA) is 61.8 Å². The molecule has 1 aliphatic rings. The van der Waals surface area contributed by atoms with Crippen LogP contribution in [-0.4, -0.2) is 22.5 Å². The third-order valence-electron chi connectivity index (χ3n) is 3.62. The quantitative estimate of drug-likeness (QED) is 0.939. The van der Waals surface area contributed by atoms with Crippen LogP contribution in [0.1, 0.15) is 36.8 Å². The van der Waals surface area contributed by atoms with E-state index in [9.17, 15) is 9.59 Å². The fourth-order valence-corrected chi connectivity index (χ4v) is 3.47. The number of amides is 2. The number of carbonyl (C=O) groups excluding carboxylic acids is 2. The van der Waals surface area contributed by atoms with Crippen LogP contribution in [0.15, 0.2) is 46.9 Å². The second kappa shape index (κ2) is 6.34. The molecule has 3 rings (SSSR count). The molecular weight excluding hydrogens is 310 g/mol. The second-order valence-corrected chi connectivity index (χ2v) is 6.39. The second-order valence-electron chi connectivity index (χ2n) is 5.41. The standard InChI is InChI=1S/C17H17N3O2S/c1-11(21)18-14-6-3-5-13(9-14)15-10-16(17-7-4-8-23-17)20(19-15)12(2)22/h3-9,16H,10H2,1-2H3,(H,18,21)/t16-/m0/s1. The fourth-order valence-electron chi connectivity index (χ4n) is 2.66. The zero-order valence-electron chi connectivity index (χ0n) is 12.9. The van der Waals surface area contributed by atoms with E-state index < -0.39 is 0 Å². The molecule has 1 aliphatic heterocycles. The summed E-state index contributed by atoms with van der Waals surface area (Å²) in [7, 11) is 0. The van der Waals surface area contributed by atoms with Gasteiger partial charge in [-0.15, -0.1) is 11.3 Å². The summed E-state index contributed by atoms with van der Waals surface area (Å²) in [5.74, 6) is -0.186. The molecule has 1 aromatic carbocycles. The monoisotopic (exact) mass is 327 g/mol. The van der Waals surface area contributed by atoms with Crippen molar-refractivity contribution in [2.24, 2.45) is 5.10 Å². The Balaban J connectivity index is 1.90. The molecule has 1 N–H and O–H groups in total. The maximum atomic E-state index is 11.9. The lowest BCUT2D eigenvalue weighted by Crippen LogP contribution is -2.23. The number of nitrogens with one attached hydrogen (secondary N) is 1. The minimum atomic E-state index is -0.114. The van der Waals surface area contributed by atoms with Gasteiger partial charge in [0.05, 0.1) is 11.8 Å². The van der Waals surface area contributed by atoms with Crippen molar-refractivity contribution in [1.82, 2.24) is 5.01 Å². The van der Waals surface area contributed by atoms with Crippen molar-refractivity contribution in [3.05, 3.63) is 52.2 Å². The molecule has 0 aliphatic carbocycles. The number of hydrogen-bond acceptors (Lipinski definition) is 4. The Morgan fingerprint density at radius 2 is 2.09 bits per heavy atom. The van der Waals surface area contributed by atoms with Crippen molar-refractivity contribution in [3.8, 4) is 0 Å². The Bertz CT molecular complexity index is 768. The Kier molecular flexibility index (Phi) is 4.25. The van der Waals surface area contributed by atoms with Crippen molar-refractivity contribution >= 4 is 34.6 Å². The van der Waals surface area contributed by atoms with E-state index in [1.165, 1.54) is 13.8 Å². The van der Waals surface area contributed by atoms with Gasteiger partial charge in [0, 0.05) is 30.8 Å². The normalized spacial score (nSPS) is 17.0. The summed E-state index contributed by atoms with van der Waals surface area (Å²) in [6.45, 7) is 3.00. The molecule has 5 nitrogen and oxygen atoms in total. The lowest BCUT2D eigenvalue weighted by atomic mass is 10.0. The van der Waals surface area contributed by atoms with Crippen LogP contribution in [0.25, 0.3) is 0 Å². The lowest BCUT2D eigenvalue weighted by Gasteiger charge is -2.18. The number of rotatable bonds is 3. The molecule has 0 fully saturated rings. The Labute approximate surface area is 138 Å². The van der Waals surface area contributed by atoms with E-state index in [1.54, 1.807) is 16.3 Å². The van der Waals surface area contributed by atoms with Crippen LogP contribution in [0.5, 0.6) is 0 Å². The highest BCUT2D eigenvalue weighted by atomic mass is 32.1. The van der Waals surface area contributed by atoms with Gasteiger partial charge >= 0.3 is 0 Å². The van der Waals surface area contributed by atoms with E-state index in [4.69, 9.17) is 0 Å². The van der Waals surface area contributed by atoms with Crippen LogP contribution in [0.2, 0.25) is 0 Å². The molecule has 6 heteroatoms. The summed E-state index contributed by atoms with van der Waals surface area (Å²) in [5.41, 5.74) is 2.50. The van der Waals surface area contributed by atoms with Crippen molar-refractivity contribution in [2.45, 2.75) is 26.3 Å². The maximum absolute atomic E-state index is 11.9. The minimum Gasteiger partial charge on any atom is -0.326 e. The summed E-state index contributed by atoms with van der Waals surface area (Å²) in [6, 6.07) is 11.5. The SMILES string of the molecule is CC(=O)Nc1cccc(C2=NN(C(C)=O)[C@H](c3cccs3)C2)c1. The summed E-state index contributed by atoms with van der Waals surface area (Å²) in [5, 5.41) is 10.8. The van der Waals surface area contributed by atoms with Crippen molar-refractivity contribution in [2.75, 3.05) is 5.32 Å². The van der Waals surface area contributed by atoms with Gasteiger partial charge in [-0.25, -0.2) is 5.01 Å². The molecular formula is C17H17N3O2S. The highest BCUT2D eigenvalue weighted by Gasteiger charge is 2.31. The van der Waals surface area contributed by atoms with E-state index in [1.807, 2.05) is 41.8 Å². The number of hydrazone groups is 1. The third kappa shape index (κ3) is 3.32. The highest BCUT2D eigenvalue weighted by molar-refractivity contribution is 7.10. The Morgan fingerprint density at radius 1 is 1.26 bits per heavy atom. The summed E-state index contributed by atoms with van der Waals surface area (Å²) in [6.07, 6.45) is 0.670. The number of carbonyl (C=O) groups is 2. The van der Waals surface area contributed by atoms with Crippen molar-refractivity contribution in [1.29, 1.82) is 0 Å². The van der Waals surface area contributed by atoms with Gasteiger partial charge in [0.25, 0.3) is 0 Å². The first-order valence-electron chi connectivity index (χ1n) is 7.33. The predicted molar refractivity (Wildman–Crippen MR) is 91.5 cm³/mol. The van der Waals surface area contributed by atoms with E-state index >= 15 is 0 Å². The lowest BCUT2D eigenvalue weighted by molar-refractivity contribution is -0.130. The minimum absolute atomic E-state index is 0.0491. The first-order valence-corrected chi connectivity index (χ1v) is 8.21. The first-order chi connectivity index (χ1) is 11.0. The Hall–Kier alpha value is -2.47. The predicted octanol–water partition coefficient (Wildman–Crippen LogP) is 3.40. The van der Waals surface area contributed by atoms with Gasteiger partial charge in [-0.2, -0.15) is 5.10 Å². The van der Waals surface area contributed by atoms with Crippen LogP contribution in [0, 0.1) is 0 Å². The highest BCUT2D eigenvalue weighted by Crippen LogP contribution is 2.35. The van der Waals surface area contributed by atoms with Gasteiger partial charge in [0.1, 0.15) is 0 Å². The summed E-state index contributed by atoms with van der Waals surface area (Å²) >= 11 is 1.63. The molecule has 1 aromatic heterocycles. The molecule has 2 amide bonds. The zero-order valence-corrected chi connectivity index (χ0v) is 13.8. The smallest absolute Gasteiger partial charge is 0.240 e. The molecule has 0 unspecified atom stereocenters. The summed E-state index contributed by atoms with van der Waals surface area (Å²) in [4.78, 5) is 24.2. The van der Waals surface area contributed by atoms with Gasteiger partial charge in [-0.3, -0.25) is 9.59 Å².